The number of nitrogens with one attached hydrogen (secondary N) is 1. The van der Waals surface area contributed by atoms with Gasteiger partial charge in [0, 0.05) is 32.4 Å². The first-order valence-electron chi connectivity index (χ1n) is 6.25. The summed E-state index contributed by atoms with van der Waals surface area (Å²) in [5, 5.41) is 3.87. The number of aliphatic imine (C=N–C) groups is 1. The van der Waals surface area contributed by atoms with Gasteiger partial charge in [-0.15, -0.1) is 0 Å². The second-order valence-electron chi connectivity index (χ2n) is 4.46. The largest absolute Gasteiger partial charge is 0.355 e. The van der Waals surface area contributed by atoms with Gasteiger partial charge in [0.1, 0.15) is 5.82 Å². The maximum absolute atomic E-state index is 12.8. The molecule has 1 aromatic carbocycles. The maximum atomic E-state index is 12.8. The van der Waals surface area contributed by atoms with Crippen molar-refractivity contribution >= 4 is 17.7 Å². The first kappa shape index (κ1) is 15.8. The fraction of sp³-hybridized carbons (Fsp3) is 0.500. The predicted octanol–water partition coefficient (Wildman–Crippen LogP) is 2.58. The molecule has 0 aliphatic carbocycles. The van der Waals surface area contributed by atoms with Gasteiger partial charge in [-0.1, -0.05) is 19.1 Å². The molecule has 0 aliphatic rings. The second kappa shape index (κ2) is 8.04. The van der Waals surface area contributed by atoms with Crippen molar-refractivity contribution < 1.29 is 4.39 Å². The lowest BCUT2D eigenvalue weighted by Crippen LogP contribution is -2.40. The summed E-state index contributed by atoms with van der Waals surface area (Å²) in [4.78, 5) is 6.28. The van der Waals surface area contributed by atoms with Crippen LogP contribution >= 0.6 is 11.8 Å². The predicted molar refractivity (Wildman–Crippen MR) is 82.2 cm³/mol. The molecule has 0 saturated carbocycles. The van der Waals surface area contributed by atoms with Crippen LogP contribution in [0, 0.1) is 5.82 Å². The highest BCUT2D eigenvalue weighted by Gasteiger charge is 2.08. The van der Waals surface area contributed by atoms with Gasteiger partial charge in [-0.05, 0) is 24.0 Å². The number of guanidine groups is 1. The molecule has 1 N–H and O–H groups in total. The molecule has 106 valence electrons. The summed E-state index contributed by atoms with van der Waals surface area (Å²) in [6, 6.07) is 6.55. The molecule has 0 aromatic heterocycles. The van der Waals surface area contributed by atoms with Crippen molar-refractivity contribution in [3.05, 3.63) is 35.6 Å². The Bertz CT molecular complexity index is 406. The van der Waals surface area contributed by atoms with E-state index in [-0.39, 0.29) is 5.82 Å². The molecule has 0 heterocycles. The highest BCUT2D eigenvalue weighted by Crippen LogP contribution is 2.06. The molecule has 19 heavy (non-hydrogen) atoms. The Morgan fingerprint density at radius 2 is 2.05 bits per heavy atom. The topological polar surface area (TPSA) is 27.6 Å². The van der Waals surface area contributed by atoms with Gasteiger partial charge >= 0.3 is 0 Å². The Kier molecular flexibility index (Phi) is 6.70. The van der Waals surface area contributed by atoms with E-state index in [1.807, 2.05) is 23.7 Å². The number of rotatable bonds is 5. The molecule has 0 amide bonds. The second-order valence-corrected chi connectivity index (χ2v) is 5.73. The average Bonchev–Trinajstić information content (AvgIpc) is 2.41. The summed E-state index contributed by atoms with van der Waals surface area (Å²) in [7, 11) is 3.75. The van der Waals surface area contributed by atoms with Gasteiger partial charge in [0.2, 0.25) is 0 Å². The number of hydrogen-bond donors (Lipinski definition) is 1. The lowest BCUT2D eigenvalue weighted by Gasteiger charge is -2.23. The standard InChI is InChI=1S/C14H22FN3S/c1-11(19-4)9-17-14(16-2)18(3)10-12-5-7-13(15)8-6-12/h5-8,11H,9-10H2,1-4H3,(H,16,17). The lowest BCUT2D eigenvalue weighted by molar-refractivity contribution is 0.476. The van der Waals surface area contributed by atoms with E-state index in [9.17, 15) is 4.39 Å². The number of hydrogen-bond acceptors (Lipinski definition) is 2. The van der Waals surface area contributed by atoms with Crippen LogP contribution in [0.15, 0.2) is 29.3 Å². The first-order valence-corrected chi connectivity index (χ1v) is 7.54. The maximum Gasteiger partial charge on any atom is 0.193 e. The van der Waals surface area contributed by atoms with Crippen LogP contribution in [-0.4, -0.2) is 43.0 Å². The van der Waals surface area contributed by atoms with Gasteiger partial charge in [0.15, 0.2) is 5.96 Å². The molecule has 1 rings (SSSR count). The van der Waals surface area contributed by atoms with Crippen molar-refractivity contribution in [2.45, 2.75) is 18.7 Å². The fourth-order valence-electron chi connectivity index (χ4n) is 1.64. The molecule has 1 atom stereocenters. The van der Waals surface area contributed by atoms with Crippen molar-refractivity contribution in [2.24, 2.45) is 4.99 Å². The minimum absolute atomic E-state index is 0.206. The minimum atomic E-state index is -0.206. The van der Waals surface area contributed by atoms with E-state index in [2.05, 4.69) is 23.5 Å². The summed E-state index contributed by atoms with van der Waals surface area (Å²) in [6.45, 7) is 3.75. The summed E-state index contributed by atoms with van der Waals surface area (Å²) in [6.07, 6.45) is 2.09. The molecule has 0 spiro atoms. The molecule has 0 saturated heterocycles. The normalized spacial score (nSPS) is 13.2. The molecule has 5 heteroatoms. The molecular formula is C14H22FN3S. The highest BCUT2D eigenvalue weighted by molar-refractivity contribution is 7.99. The molecule has 1 aromatic rings. The van der Waals surface area contributed by atoms with Gasteiger partial charge in [-0.2, -0.15) is 11.8 Å². The van der Waals surface area contributed by atoms with Crippen LogP contribution in [0.5, 0.6) is 0 Å². The zero-order chi connectivity index (χ0) is 14.3. The molecule has 3 nitrogen and oxygen atoms in total. The summed E-state index contributed by atoms with van der Waals surface area (Å²) < 4.78 is 12.8. The van der Waals surface area contributed by atoms with E-state index < -0.39 is 0 Å². The zero-order valence-corrected chi connectivity index (χ0v) is 12.8. The van der Waals surface area contributed by atoms with Crippen molar-refractivity contribution in [1.82, 2.24) is 10.2 Å². The third-order valence-corrected chi connectivity index (χ3v) is 3.83. The van der Waals surface area contributed by atoms with Crippen LogP contribution in [0.1, 0.15) is 12.5 Å². The Labute approximate surface area is 119 Å². The van der Waals surface area contributed by atoms with Gasteiger partial charge < -0.3 is 10.2 Å². The molecule has 0 fully saturated rings. The first-order chi connectivity index (χ1) is 9.06. The van der Waals surface area contributed by atoms with E-state index in [0.29, 0.717) is 11.8 Å². The summed E-state index contributed by atoms with van der Waals surface area (Å²) in [5.74, 6) is 0.646. The van der Waals surface area contributed by atoms with Crippen molar-refractivity contribution in [1.29, 1.82) is 0 Å². The zero-order valence-electron chi connectivity index (χ0n) is 12.0. The van der Waals surface area contributed by atoms with Gasteiger partial charge in [0.05, 0.1) is 0 Å². The third-order valence-electron chi connectivity index (χ3n) is 2.86. The van der Waals surface area contributed by atoms with Crippen LogP contribution in [0.25, 0.3) is 0 Å². The highest BCUT2D eigenvalue weighted by atomic mass is 32.2. The Morgan fingerprint density at radius 3 is 2.58 bits per heavy atom. The number of thioether (sulfide) groups is 1. The van der Waals surface area contributed by atoms with E-state index >= 15 is 0 Å². The molecule has 0 radical (unpaired) electrons. The van der Waals surface area contributed by atoms with Gasteiger partial charge in [-0.25, -0.2) is 4.39 Å². The smallest absolute Gasteiger partial charge is 0.193 e. The van der Waals surface area contributed by atoms with Crippen LogP contribution in [0.3, 0.4) is 0 Å². The van der Waals surface area contributed by atoms with E-state index in [0.717, 1.165) is 18.1 Å². The average molecular weight is 283 g/mol. The molecule has 0 bridgehead atoms. The van der Waals surface area contributed by atoms with E-state index in [4.69, 9.17) is 0 Å². The van der Waals surface area contributed by atoms with Crippen LogP contribution in [-0.2, 0) is 6.54 Å². The SMILES string of the molecule is CN=C(NCC(C)SC)N(C)Cc1ccc(F)cc1. The summed E-state index contributed by atoms with van der Waals surface area (Å²) in [5.41, 5.74) is 1.06. The van der Waals surface area contributed by atoms with Crippen LogP contribution in [0.4, 0.5) is 4.39 Å². The Morgan fingerprint density at radius 1 is 1.42 bits per heavy atom. The molecule has 0 aliphatic heterocycles. The number of benzene rings is 1. The monoisotopic (exact) mass is 283 g/mol. The third kappa shape index (κ3) is 5.51. The van der Waals surface area contributed by atoms with Gasteiger partial charge in [-0.3, -0.25) is 4.99 Å². The van der Waals surface area contributed by atoms with Crippen LogP contribution < -0.4 is 5.32 Å². The molecule has 1 unspecified atom stereocenters. The minimum Gasteiger partial charge on any atom is -0.355 e. The van der Waals surface area contributed by atoms with Crippen molar-refractivity contribution in [3.63, 3.8) is 0 Å². The summed E-state index contributed by atoms with van der Waals surface area (Å²) >= 11 is 1.82. The molecular weight excluding hydrogens is 261 g/mol. The van der Waals surface area contributed by atoms with Crippen LogP contribution in [0.2, 0.25) is 0 Å². The fourth-order valence-corrected chi connectivity index (χ4v) is 1.89. The quantitative estimate of drug-likeness (QED) is 0.665. The van der Waals surface area contributed by atoms with Gasteiger partial charge in [0.25, 0.3) is 0 Å². The lowest BCUT2D eigenvalue weighted by atomic mass is 10.2. The van der Waals surface area contributed by atoms with Crippen molar-refractivity contribution in [3.8, 4) is 0 Å². The number of nitrogens with zero attached hydrogens (tertiary/aromatic N) is 2. The Hall–Kier alpha value is -1.23. The Balaban J connectivity index is 2.54. The van der Waals surface area contributed by atoms with E-state index in [1.165, 1.54) is 12.1 Å². The van der Waals surface area contributed by atoms with Crippen molar-refractivity contribution in [2.75, 3.05) is 26.9 Å². The number of halogens is 1. The van der Waals surface area contributed by atoms with E-state index in [1.54, 1.807) is 19.2 Å².